The third-order valence-corrected chi connectivity index (χ3v) is 3.51. The molecule has 0 bridgehead atoms. The lowest BCUT2D eigenvalue weighted by atomic mass is 10.2. The molecule has 3 nitrogen and oxygen atoms in total. The molecule has 2 rings (SSSR count). The molecule has 1 unspecified atom stereocenters. The Morgan fingerprint density at radius 2 is 2.62 bits per heavy atom. The molecule has 0 aromatic carbocycles. The van der Waals surface area contributed by atoms with Crippen LogP contribution in [0.5, 0.6) is 0 Å². The van der Waals surface area contributed by atoms with Crippen molar-refractivity contribution < 1.29 is 0 Å². The van der Waals surface area contributed by atoms with Gasteiger partial charge in [-0.15, -0.1) is 0 Å². The molecule has 2 N–H and O–H groups in total. The van der Waals surface area contributed by atoms with Gasteiger partial charge in [0.05, 0.1) is 12.2 Å². The normalized spacial score (nSPS) is 22.4. The second-order valence-corrected chi connectivity index (χ2v) is 4.53. The summed E-state index contributed by atoms with van der Waals surface area (Å²) in [5.41, 5.74) is 6.75. The Morgan fingerprint density at radius 1 is 1.69 bits per heavy atom. The molecular weight excluding hydrogens is 182 g/mol. The zero-order chi connectivity index (χ0) is 9.10. The summed E-state index contributed by atoms with van der Waals surface area (Å²) in [5, 5.41) is 4.36. The van der Waals surface area contributed by atoms with Crippen molar-refractivity contribution in [3.63, 3.8) is 0 Å². The average Bonchev–Trinajstić information content (AvgIpc) is 2.70. The number of hydrogen-bond acceptors (Lipinski definition) is 3. The van der Waals surface area contributed by atoms with Crippen LogP contribution in [0.3, 0.4) is 0 Å². The van der Waals surface area contributed by atoms with Gasteiger partial charge in [-0.05, 0) is 30.7 Å². The van der Waals surface area contributed by atoms with E-state index in [-0.39, 0.29) is 0 Å². The van der Waals surface area contributed by atoms with Gasteiger partial charge in [-0.25, -0.2) is 0 Å². The highest BCUT2D eigenvalue weighted by atomic mass is 32.2. The van der Waals surface area contributed by atoms with Crippen molar-refractivity contribution in [3.8, 4) is 0 Å². The fourth-order valence-electron chi connectivity index (χ4n) is 1.60. The van der Waals surface area contributed by atoms with E-state index in [1.165, 1.54) is 23.5 Å². The van der Waals surface area contributed by atoms with E-state index in [2.05, 4.69) is 16.0 Å². The third kappa shape index (κ3) is 2.06. The van der Waals surface area contributed by atoms with Gasteiger partial charge in [0, 0.05) is 11.9 Å². The number of rotatable bonds is 3. The molecule has 1 aliphatic rings. The molecular formula is C9H15N3S. The molecule has 0 spiro atoms. The molecule has 2 heterocycles. The maximum Gasteiger partial charge on any atom is 0.0617 e. The van der Waals surface area contributed by atoms with Gasteiger partial charge in [-0.2, -0.15) is 16.9 Å². The maximum absolute atomic E-state index is 5.48. The van der Waals surface area contributed by atoms with Crippen molar-refractivity contribution in [2.24, 2.45) is 5.73 Å². The van der Waals surface area contributed by atoms with E-state index in [1.807, 2.05) is 18.0 Å². The number of thioether (sulfide) groups is 1. The Morgan fingerprint density at radius 3 is 3.31 bits per heavy atom. The molecule has 0 aliphatic carbocycles. The van der Waals surface area contributed by atoms with Crippen LogP contribution in [0.4, 0.5) is 0 Å². The third-order valence-electron chi connectivity index (χ3n) is 2.37. The number of nitrogens with two attached hydrogens (primary N) is 1. The van der Waals surface area contributed by atoms with E-state index < -0.39 is 0 Å². The molecule has 1 aromatic rings. The molecule has 1 saturated heterocycles. The van der Waals surface area contributed by atoms with Crippen LogP contribution < -0.4 is 5.73 Å². The summed E-state index contributed by atoms with van der Waals surface area (Å²) in [7, 11) is 0. The smallest absolute Gasteiger partial charge is 0.0617 e. The van der Waals surface area contributed by atoms with E-state index in [0.717, 1.165) is 6.42 Å². The van der Waals surface area contributed by atoms with Crippen LogP contribution in [0.25, 0.3) is 0 Å². The van der Waals surface area contributed by atoms with Crippen molar-refractivity contribution in [3.05, 3.63) is 18.0 Å². The Hall–Kier alpha value is -0.480. The molecule has 4 heteroatoms. The number of nitrogens with zero attached hydrogens (tertiary/aromatic N) is 2. The molecule has 1 atom stereocenters. The van der Waals surface area contributed by atoms with Gasteiger partial charge in [0.2, 0.25) is 0 Å². The van der Waals surface area contributed by atoms with Crippen LogP contribution in [0.2, 0.25) is 0 Å². The minimum atomic E-state index is 0.622. The SMILES string of the molecule is NCCc1cnn(C2CCSC2)c1. The Bertz CT molecular complexity index is 266. The molecule has 0 amide bonds. The lowest BCUT2D eigenvalue weighted by Crippen LogP contribution is -2.08. The quantitative estimate of drug-likeness (QED) is 0.788. The van der Waals surface area contributed by atoms with Crippen LogP contribution in [0, 0.1) is 0 Å². The largest absolute Gasteiger partial charge is 0.330 e. The van der Waals surface area contributed by atoms with E-state index in [0.29, 0.717) is 12.6 Å². The predicted octanol–water partition coefficient (Wildman–Crippen LogP) is 1.06. The fourth-order valence-corrected chi connectivity index (χ4v) is 2.80. The zero-order valence-electron chi connectivity index (χ0n) is 7.65. The highest BCUT2D eigenvalue weighted by molar-refractivity contribution is 7.99. The first-order valence-corrected chi connectivity index (χ1v) is 5.86. The molecule has 0 radical (unpaired) electrons. The summed E-state index contributed by atoms with van der Waals surface area (Å²) < 4.78 is 2.10. The first-order chi connectivity index (χ1) is 6.40. The van der Waals surface area contributed by atoms with Gasteiger partial charge in [0.15, 0.2) is 0 Å². The van der Waals surface area contributed by atoms with E-state index >= 15 is 0 Å². The highest BCUT2D eigenvalue weighted by Crippen LogP contribution is 2.27. The Kier molecular flexibility index (Phi) is 2.90. The van der Waals surface area contributed by atoms with Crippen LogP contribution in [-0.4, -0.2) is 27.8 Å². The maximum atomic E-state index is 5.48. The molecule has 1 fully saturated rings. The summed E-state index contributed by atoms with van der Waals surface area (Å²) in [6.07, 6.45) is 6.29. The fraction of sp³-hybridized carbons (Fsp3) is 0.667. The minimum Gasteiger partial charge on any atom is -0.330 e. The lowest BCUT2D eigenvalue weighted by Gasteiger charge is -2.07. The van der Waals surface area contributed by atoms with Crippen molar-refractivity contribution in [1.82, 2.24) is 9.78 Å². The Balaban J connectivity index is 2.03. The van der Waals surface area contributed by atoms with Crippen molar-refractivity contribution in [2.75, 3.05) is 18.1 Å². The predicted molar refractivity (Wildman–Crippen MR) is 56.0 cm³/mol. The van der Waals surface area contributed by atoms with E-state index in [4.69, 9.17) is 5.73 Å². The van der Waals surface area contributed by atoms with Gasteiger partial charge >= 0.3 is 0 Å². The lowest BCUT2D eigenvalue weighted by molar-refractivity contribution is 0.501. The number of aromatic nitrogens is 2. The minimum absolute atomic E-state index is 0.622. The first kappa shape index (κ1) is 9.09. The summed E-state index contributed by atoms with van der Waals surface area (Å²) >= 11 is 2.01. The Labute approximate surface area is 82.7 Å². The average molecular weight is 197 g/mol. The van der Waals surface area contributed by atoms with Crippen molar-refractivity contribution in [1.29, 1.82) is 0 Å². The van der Waals surface area contributed by atoms with E-state index in [1.54, 1.807) is 0 Å². The monoisotopic (exact) mass is 197 g/mol. The standard InChI is InChI=1S/C9H15N3S/c10-3-1-8-5-11-12(6-8)9-2-4-13-7-9/h5-6,9H,1-4,7,10H2. The van der Waals surface area contributed by atoms with E-state index in [9.17, 15) is 0 Å². The topological polar surface area (TPSA) is 43.8 Å². The van der Waals surface area contributed by atoms with Crippen LogP contribution in [0.15, 0.2) is 12.4 Å². The van der Waals surface area contributed by atoms with Crippen LogP contribution >= 0.6 is 11.8 Å². The number of hydrogen-bond donors (Lipinski definition) is 1. The molecule has 13 heavy (non-hydrogen) atoms. The summed E-state index contributed by atoms with van der Waals surface area (Å²) in [4.78, 5) is 0. The molecule has 72 valence electrons. The second kappa shape index (κ2) is 4.15. The van der Waals surface area contributed by atoms with Gasteiger partial charge in [-0.1, -0.05) is 0 Å². The van der Waals surface area contributed by atoms with Gasteiger partial charge in [0.1, 0.15) is 0 Å². The summed E-state index contributed by atoms with van der Waals surface area (Å²) in [6, 6.07) is 0.622. The summed E-state index contributed by atoms with van der Waals surface area (Å²) in [5.74, 6) is 2.49. The van der Waals surface area contributed by atoms with Crippen LogP contribution in [-0.2, 0) is 6.42 Å². The molecule has 1 aliphatic heterocycles. The molecule has 1 aromatic heterocycles. The van der Waals surface area contributed by atoms with Gasteiger partial charge < -0.3 is 5.73 Å². The van der Waals surface area contributed by atoms with Gasteiger partial charge in [0.25, 0.3) is 0 Å². The summed E-state index contributed by atoms with van der Waals surface area (Å²) in [6.45, 7) is 0.713. The first-order valence-electron chi connectivity index (χ1n) is 4.71. The molecule has 0 saturated carbocycles. The van der Waals surface area contributed by atoms with Gasteiger partial charge in [-0.3, -0.25) is 4.68 Å². The van der Waals surface area contributed by atoms with Crippen molar-refractivity contribution >= 4 is 11.8 Å². The zero-order valence-corrected chi connectivity index (χ0v) is 8.46. The van der Waals surface area contributed by atoms with Crippen LogP contribution in [0.1, 0.15) is 18.0 Å². The second-order valence-electron chi connectivity index (χ2n) is 3.38. The van der Waals surface area contributed by atoms with Crippen molar-refractivity contribution in [2.45, 2.75) is 18.9 Å². The highest BCUT2D eigenvalue weighted by Gasteiger charge is 2.17.